The molecule has 2 aromatic carbocycles. The van der Waals surface area contributed by atoms with Crippen molar-refractivity contribution in [1.29, 1.82) is 0 Å². The summed E-state index contributed by atoms with van der Waals surface area (Å²) in [6.07, 6.45) is 1.77. The van der Waals surface area contributed by atoms with Crippen LogP contribution in [0.25, 0.3) is 11.3 Å². The Kier molecular flexibility index (Phi) is 5.10. The molecule has 6 heteroatoms. The van der Waals surface area contributed by atoms with Gasteiger partial charge in [0.15, 0.2) is 0 Å². The summed E-state index contributed by atoms with van der Waals surface area (Å²) in [5.41, 5.74) is 2.54. The van der Waals surface area contributed by atoms with Crippen LogP contribution in [0.3, 0.4) is 0 Å². The van der Waals surface area contributed by atoms with Crippen molar-refractivity contribution >= 4 is 11.6 Å². The van der Waals surface area contributed by atoms with Crippen LogP contribution in [-0.2, 0) is 4.79 Å². The number of rotatable bonds is 4. The number of aromatic amines is 1. The topological polar surface area (TPSA) is 52.2 Å². The van der Waals surface area contributed by atoms with Crippen LogP contribution in [0, 0.1) is 5.82 Å². The van der Waals surface area contributed by atoms with E-state index in [1.165, 1.54) is 6.07 Å². The normalized spacial score (nSPS) is 15.5. The highest BCUT2D eigenvalue weighted by atomic mass is 19.1. The lowest BCUT2D eigenvalue weighted by molar-refractivity contribution is -0.132. The third-order valence-electron chi connectivity index (χ3n) is 5.25. The Morgan fingerprint density at radius 3 is 2.43 bits per heavy atom. The first kappa shape index (κ1) is 18.2. The zero-order valence-electron chi connectivity index (χ0n) is 15.8. The largest absolute Gasteiger partial charge is 0.366 e. The van der Waals surface area contributed by atoms with Crippen molar-refractivity contribution in [2.24, 2.45) is 0 Å². The van der Waals surface area contributed by atoms with Crippen LogP contribution < -0.4 is 4.90 Å². The average molecular weight is 378 g/mol. The van der Waals surface area contributed by atoms with E-state index in [1.807, 2.05) is 53.1 Å². The molecule has 1 fully saturated rings. The van der Waals surface area contributed by atoms with Crippen LogP contribution in [0.1, 0.15) is 18.7 Å². The molecule has 0 bridgehead atoms. The molecule has 2 heterocycles. The minimum Gasteiger partial charge on any atom is -0.366 e. The van der Waals surface area contributed by atoms with E-state index in [0.29, 0.717) is 37.7 Å². The van der Waals surface area contributed by atoms with Gasteiger partial charge in [-0.1, -0.05) is 42.5 Å². The summed E-state index contributed by atoms with van der Waals surface area (Å²) >= 11 is 0. The first-order valence-corrected chi connectivity index (χ1v) is 9.52. The van der Waals surface area contributed by atoms with E-state index in [0.717, 1.165) is 11.3 Å². The Bertz CT molecular complexity index is 948. The average Bonchev–Trinajstić information content (AvgIpc) is 3.24. The van der Waals surface area contributed by atoms with Crippen molar-refractivity contribution in [3.63, 3.8) is 0 Å². The zero-order valence-corrected chi connectivity index (χ0v) is 15.8. The number of amides is 1. The number of para-hydroxylation sites is 1. The first-order chi connectivity index (χ1) is 13.6. The maximum atomic E-state index is 14.0. The number of aromatic nitrogens is 2. The van der Waals surface area contributed by atoms with Gasteiger partial charge < -0.3 is 14.8 Å². The van der Waals surface area contributed by atoms with Gasteiger partial charge in [0, 0.05) is 26.2 Å². The fourth-order valence-electron chi connectivity index (χ4n) is 3.59. The molecule has 5 nitrogen and oxygen atoms in total. The van der Waals surface area contributed by atoms with Gasteiger partial charge in [0.25, 0.3) is 0 Å². The number of benzene rings is 2. The lowest BCUT2D eigenvalue weighted by atomic mass is 10.1. The molecular weight excluding hydrogens is 355 g/mol. The predicted octanol–water partition coefficient (Wildman–Crippen LogP) is 3.67. The quantitative estimate of drug-likeness (QED) is 0.754. The third kappa shape index (κ3) is 3.63. The zero-order chi connectivity index (χ0) is 19.5. The van der Waals surface area contributed by atoms with E-state index in [9.17, 15) is 9.18 Å². The predicted molar refractivity (Wildman–Crippen MR) is 108 cm³/mol. The Balaban J connectivity index is 1.40. The van der Waals surface area contributed by atoms with Crippen molar-refractivity contribution in [3.05, 3.63) is 72.4 Å². The molecule has 1 aromatic heterocycles. The van der Waals surface area contributed by atoms with Gasteiger partial charge in [-0.05, 0) is 24.6 Å². The molecule has 28 heavy (non-hydrogen) atoms. The highest BCUT2D eigenvalue weighted by molar-refractivity contribution is 5.83. The number of hydrogen-bond donors (Lipinski definition) is 1. The van der Waals surface area contributed by atoms with Gasteiger partial charge >= 0.3 is 0 Å². The molecule has 4 rings (SSSR count). The number of carbonyl (C=O) groups is 1. The third-order valence-corrected chi connectivity index (χ3v) is 5.25. The van der Waals surface area contributed by atoms with Crippen molar-refractivity contribution in [3.8, 4) is 11.3 Å². The first-order valence-electron chi connectivity index (χ1n) is 9.52. The minimum atomic E-state index is -0.350. The molecule has 1 unspecified atom stereocenters. The standard InChI is InChI=1S/C22H23FN4O/c1-16(21-24-15-19(25-21)17-7-3-2-4-8-17)22(28)27-13-11-26(12-14-27)20-10-6-5-9-18(20)23/h2-10,15-16H,11-14H2,1H3,(H,24,25). The second-order valence-electron chi connectivity index (χ2n) is 7.03. The van der Waals surface area contributed by atoms with Crippen LogP contribution in [0.4, 0.5) is 10.1 Å². The molecule has 3 aromatic rings. The molecule has 1 amide bonds. The van der Waals surface area contributed by atoms with E-state index in [1.54, 1.807) is 18.3 Å². The number of piperazine rings is 1. The number of carbonyl (C=O) groups excluding carboxylic acids is 1. The fourth-order valence-corrected chi connectivity index (χ4v) is 3.59. The van der Waals surface area contributed by atoms with Gasteiger partial charge in [0.05, 0.1) is 23.5 Å². The maximum Gasteiger partial charge on any atom is 0.233 e. The molecule has 144 valence electrons. The SMILES string of the molecule is CC(C(=O)N1CCN(c2ccccc2F)CC1)c1ncc(-c2ccccc2)[nH]1. The molecule has 0 saturated carbocycles. The van der Waals surface area contributed by atoms with Crippen molar-refractivity contribution < 1.29 is 9.18 Å². The highest BCUT2D eigenvalue weighted by Crippen LogP contribution is 2.23. The Hall–Kier alpha value is -3.15. The van der Waals surface area contributed by atoms with Crippen LogP contribution in [0.2, 0.25) is 0 Å². The summed E-state index contributed by atoms with van der Waals surface area (Å²) in [6, 6.07) is 16.7. The van der Waals surface area contributed by atoms with Crippen molar-refractivity contribution in [2.45, 2.75) is 12.8 Å². The molecular formula is C22H23FN4O. The molecule has 1 atom stereocenters. The number of H-pyrrole nitrogens is 1. The number of hydrogen-bond acceptors (Lipinski definition) is 3. The highest BCUT2D eigenvalue weighted by Gasteiger charge is 2.28. The lowest BCUT2D eigenvalue weighted by Gasteiger charge is -2.37. The van der Waals surface area contributed by atoms with Gasteiger partial charge in [-0.15, -0.1) is 0 Å². The van der Waals surface area contributed by atoms with Gasteiger partial charge in [-0.2, -0.15) is 0 Å². The maximum absolute atomic E-state index is 14.0. The fraction of sp³-hybridized carbons (Fsp3) is 0.273. The van der Waals surface area contributed by atoms with Gasteiger partial charge in [0.1, 0.15) is 11.6 Å². The molecule has 0 radical (unpaired) electrons. The summed E-state index contributed by atoms with van der Waals surface area (Å²) in [6.45, 7) is 4.26. The molecule has 1 N–H and O–H groups in total. The number of imidazole rings is 1. The van der Waals surface area contributed by atoms with Gasteiger partial charge in [-0.25, -0.2) is 9.37 Å². The molecule has 1 aliphatic rings. The monoisotopic (exact) mass is 378 g/mol. The second kappa shape index (κ2) is 7.84. The summed E-state index contributed by atoms with van der Waals surface area (Å²) in [7, 11) is 0. The van der Waals surface area contributed by atoms with E-state index < -0.39 is 0 Å². The van der Waals surface area contributed by atoms with Crippen LogP contribution >= 0.6 is 0 Å². The summed E-state index contributed by atoms with van der Waals surface area (Å²) < 4.78 is 14.0. The molecule has 1 aliphatic heterocycles. The lowest BCUT2D eigenvalue weighted by Crippen LogP contribution is -2.50. The number of halogens is 1. The summed E-state index contributed by atoms with van der Waals surface area (Å²) in [5.74, 6) is 0.139. The van der Waals surface area contributed by atoms with Gasteiger partial charge in [0.2, 0.25) is 5.91 Å². The minimum absolute atomic E-state index is 0.0437. The van der Waals surface area contributed by atoms with Crippen LogP contribution in [0.5, 0.6) is 0 Å². The molecule has 1 saturated heterocycles. The Morgan fingerprint density at radius 1 is 1.04 bits per heavy atom. The van der Waals surface area contributed by atoms with Crippen LogP contribution in [0.15, 0.2) is 60.8 Å². The van der Waals surface area contributed by atoms with Crippen molar-refractivity contribution in [1.82, 2.24) is 14.9 Å². The summed E-state index contributed by atoms with van der Waals surface area (Å²) in [5, 5.41) is 0. The number of nitrogens with one attached hydrogen (secondary N) is 1. The van der Waals surface area contributed by atoms with Crippen molar-refractivity contribution in [2.75, 3.05) is 31.1 Å². The van der Waals surface area contributed by atoms with E-state index in [2.05, 4.69) is 9.97 Å². The summed E-state index contributed by atoms with van der Waals surface area (Å²) in [4.78, 5) is 24.5. The van der Waals surface area contributed by atoms with Gasteiger partial charge in [-0.3, -0.25) is 4.79 Å². The second-order valence-corrected chi connectivity index (χ2v) is 7.03. The van der Waals surface area contributed by atoms with E-state index in [-0.39, 0.29) is 17.6 Å². The molecule has 0 spiro atoms. The van der Waals surface area contributed by atoms with Crippen LogP contribution in [-0.4, -0.2) is 47.0 Å². The number of anilines is 1. The van der Waals surface area contributed by atoms with E-state index in [4.69, 9.17) is 0 Å². The molecule has 0 aliphatic carbocycles. The Labute approximate surface area is 163 Å². The van der Waals surface area contributed by atoms with E-state index >= 15 is 0 Å². The number of nitrogens with zero attached hydrogens (tertiary/aromatic N) is 3. The Morgan fingerprint density at radius 2 is 1.71 bits per heavy atom. The smallest absolute Gasteiger partial charge is 0.233 e.